The fraction of sp³-hybridized carbons (Fsp3) is 0.263. The van der Waals surface area contributed by atoms with E-state index in [0.717, 1.165) is 34.1 Å². The maximum absolute atomic E-state index is 6.05. The van der Waals surface area contributed by atoms with E-state index in [2.05, 4.69) is 23.2 Å². The first kappa shape index (κ1) is 15.2. The summed E-state index contributed by atoms with van der Waals surface area (Å²) in [4.78, 5) is 0. The van der Waals surface area contributed by atoms with Crippen LogP contribution in [0.4, 0.5) is 0 Å². The van der Waals surface area contributed by atoms with Gasteiger partial charge in [-0.05, 0) is 54.3 Å². The third kappa shape index (κ3) is 3.02. The van der Waals surface area contributed by atoms with Gasteiger partial charge in [-0.1, -0.05) is 35.9 Å². The van der Waals surface area contributed by atoms with Crippen molar-refractivity contribution in [3.63, 3.8) is 0 Å². The monoisotopic (exact) mass is 340 g/mol. The molecule has 4 nitrogen and oxygen atoms in total. The topological polar surface area (TPSA) is 43.2 Å². The predicted octanol–water partition coefficient (Wildman–Crippen LogP) is 5.22. The lowest BCUT2D eigenvalue weighted by Gasteiger charge is -2.12. The van der Waals surface area contributed by atoms with Crippen molar-refractivity contribution in [2.75, 3.05) is 6.79 Å². The first-order chi connectivity index (χ1) is 11.7. The first-order valence-electron chi connectivity index (χ1n) is 7.95. The summed E-state index contributed by atoms with van der Waals surface area (Å²) in [5.74, 6) is 1.58. The van der Waals surface area contributed by atoms with Crippen molar-refractivity contribution in [3.05, 3.63) is 64.2 Å². The second-order valence-corrected chi connectivity index (χ2v) is 6.48. The Hall–Kier alpha value is -2.33. The third-order valence-electron chi connectivity index (χ3n) is 4.18. The molecule has 0 saturated carbocycles. The highest BCUT2D eigenvalue weighted by molar-refractivity contribution is 6.30. The van der Waals surface area contributed by atoms with Crippen LogP contribution in [0.1, 0.15) is 29.7 Å². The van der Waals surface area contributed by atoms with Gasteiger partial charge in [0.15, 0.2) is 11.5 Å². The average Bonchev–Trinajstić information content (AvgIpc) is 2.95. The van der Waals surface area contributed by atoms with Crippen molar-refractivity contribution < 1.29 is 9.47 Å². The highest BCUT2D eigenvalue weighted by atomic mass is 35.5. The molecular weight excluding hydrogens is 324 g/mol. The van der Waals surface area contributed by atoms with Crippen LogP contribution in [0.3, 0.4) is 0 Å². The first-order valence-corrected chi connectivity index (χ1v) is 8.33. The number of hydrogen-bond donors (Lipinski definition) is 0. The molecule has 0 N–H and O–H groups in total. The smallest absolute Gasteiger partial charge is 0.231 e. The van der Waals surface area contributed by atoms with Gasteiger partial charge >= 0.3 is 0 Å². The molecule has 0 aromatic heterocycles. The van der Waals surface area contributed by atoms with E-state index in [1.165, 1.54) is 5.56 Å². The molecule has 2 atom stereocenters. The Balaban J connectivity index is 1.71. The number of fused-ring (bicyclic) bond motifs is 2. The van der Waals surface area contributed by atoms with Gasteiger partial charge in [0.05, 0.1) is 6.04 Å². The van der Waals surface area contributed by atoms with Crippen LogP contribution in [-0.4, -0.2) is 12.8 Å². The van der Waals surface area contributed by atoms with Gasteiger partial charge in [0.25, 0.3) is 0 Å². The van der Waals surface area contributed by atoms with E-state index in [9.17, 15) is 0 Å². The molecule has 2 unspecified atom stereocenters. The molecule has 24 heavy (non-hydrogen) atoms. The minimum absolute atomic E-state index is 0.140. The molecule has 0 spiro atoms. The molecule has 122 valence electrons. The zero-order valence-electron chi connectivity index (χ0n) is 13.3. The Kier molecular flexibility index (Phi) is 3.98. The molecule has 2 aliphatic heterocycles. The fourth-order valence-electron chi connectivity index (χ4n) is 3.01. The number of nitrogens with zero attached hydrogens (tertiary/aromatic N) is 2. The summed E-state index contributed by atoms with van der Waals surface area (Å²) in [5.41, 5.74) is 3.36. The van der Waals surface area contributed by atoms with E-state index < -0.39 is 0 Å². The SMILES string of the molecule is CC1Cc2cc3c(cc2C(C=Cc2cccc(Cl)c2)N=N1)OCO3. The van der Waals surface area contributed by atoms with Crippen molar-refractivity contribution in [1.29, 1.82) is 0 Å². The molecule has 0 amide bonds. The zero-order valence-corrected chi connectivity index (χ0v) is 14.0. The molecule has 0 aliphatic carbocycles. The lowest BCUT2D eigenvalue weighted by molar-refractivity contribution is 0.174. The predicted molar refractivity (Wildman–Crippen MR) is 93.8 cm³/mol. The highest BCUT2D eigenvalue weighted by Crippen LogP contribution is 2.40. The molecule has 0 fully saturated rings. The van der Waals surface area contributed by atoms with Gasteiger partial charge in [0, 0.05) is 5.02 Å². The summed E-state index contributed by atoms with van der Waals surface area (Å²) in [6.45, 7) is 2.35. The molecule has 2 heterocycles. The molecule has 2 aromatic rings. The molecule has 2 aromatic carbocycles. The van der Waals surface area contributed by atoms with E-state index >= 15 is 0 Å². The summed E-state index contributed by atoms with van der Waals surface area (Å²) in [5, 5.41) is 9.66. The lowest BCUT2D eigenvalue weighted by atomic mass is 9.95. The van der Waals surface area contributed by atoms with Crippen LogP contribution in [-0.2, 0) is 6.42 Å². The molecule has 4 rings (SSSR count). The van der Waals surface area contributed by atoms with Gasteiger partial charge < -0.3 is 9.47 Å². The van der Waals surface area contributed by atoms with E-state index in [1.807, 2.05) is 42.5 Å². The van der Waals surface area contributed by atoms with Crippen LogP contribution in [0.5, 0.6) is 11.5 Å². The average molecular weight is 341 g/mol. The Morgan fingerprint density at radius 1 is 1.12 bits per heavy atom. The molecule has 0 saturated heterocycles. The second-order valence-electron chi connectivity index (χ2n) is 6.05. The maximum atomic E-state index is 6.05. The minimum Gasteiger partial charge on any atom is -0.454 e. The van der Waals surface area contributed by atoms with Crippen LogP contribution in [0, 0.1) is 0 Å². The Bertz CT molecular complexity index is 832. The normalized spacial score (nSPS) is 21.8. The van der Waals surface area contributed by atoms with Crippen molar-refractivity contribution in [2.24, 2.45) is 10.2 Å². The van der Waals surface area contributed by atoms with Crippen molar-refractivity contribution in [3.8, 4) is 11.5 Å². The summed E-state index contributed by atoms with van der Waals surface area (Å²) in [6.07, 6.45) is 4.92. The molecule has 0 radical (unpaired) electrons. The van der Waals surface area contributed by atoms with Crippen LogP contribution < -0.4 is 9.47 Å². The third-order valence-corrected chi connectivity index (χ3v) is 4.41. The molecule has 2 aliphatic rings. The van der Waals surface area contributed by atoms with Crippen molar-refractivity contribution in [1.82, 2.24) is 0 Å². The fourth-order valence-corrected chi connectivity index (χ4v) is 3.21. The van der Waals surface area contributed by atoms with Crippen molar-refractivity contribution >= 4 is 17.7 Å². The van der Waals surface area contributed by atoms with E-state index in [0.29, 0.717) is 0 Å². The Morgan fingerprint density at radius 2 is 1.96 bits per heavy atom. The Morgan fingerprint density at radius 3 is 2.79 bits per heavy atom. The second kappa shape index (κ2) is 6.29. The van der Waals surface area contributed by atoms with Crippen LogP contribution in [0.15, 0.2) is 52.7 Å². The quantitative estimate of drug-likeness (QED) is 0.752. The van der Waals surface area contributed by atoms with Gasteiger partial charge in [0.1, 0.15) is 6.04 Å². The highest BCUT2D eigenvalue weighted by Gasteiger charge is 2.24. The lowest BCUT2D eigenvalue weighted by Crippen LogP contribution is -2.02. The number of azo groups is 1. The minimum atomic E-state index is -0.140. The summed E-state index contributed by atoms with van der Waals surface area (Å²) in [6, 6.07) is 11.8. The Labute approximate surface area is 145 Å². The molecule has 0 bridgehead atoms. The van der Waals surface area contributed by atoms with Crippen molar-refractivity contribution in [2.45, 2.75) is 25.4 Å². The van der Waals surface area contributed by atoms with Crippen LogP contribution in [0.2, 0.25) is 5.02 Å². The summed E-state index contributed by atoms with van der Waals surface area (Å²) in [7, 11) is 0. The number of ether oxygens (including phenoxy) is 2. The van der Waals surface area contributed by atoms with Gasteiger partial charge in [-0.2, -0.15) is 10.2 Å². The standard InChI is InChI=1S/C19H17ClN2O2/c1-12-7-14-9-18-19(24-11-23-18)10-16(14)17(22-21-12)6-5-13-3-2-4-15(20)8-13/h2-6,8-10,12,17H,7,11H2,1H3. The van der Waals surface area contributed by atoms with E-state index in [-0.39, 0.29) is 18.9 Å². The zero-order chi connectivity index (χ0) is 16.5. The summed E-state index contributed by atoms with van der Waals surface area (Å²) < 4.78 is 11.0. The number of rotatable bonds is 2. The largest absolute Gasteiger partial charge is 0.454 e. The number of hydrogen-bond acceptors (Lipinski definition) is 4. The number of benzene rings is 2. The number of halogens is 1. The van der Waals surface area contributed by atoms with Gasteiger partial charge in [-0.25, -0.2) is 0 Å². The molecule has 5 heteroatoms. The summed E-state index contributed by atoms with van der Waals surface area (Å²) >= 11 is 6.05. The van der Waals surface area contributed by atoms with Gasteiger partial charge in [-0.3, -0.25) is 0 Å². The van der Waals surface area contributed by atoms with Gasteiger partial charge in [0.2, 0.25) is 6.79 Å². The van der Waals surface area contributed by atoms with Crippen LogP contribution in [0.25, 0.3) is 6.08 Å². The van der Waals surface area contributed by atoms with Crippen LogP contribution >= 0.6 is 11.6 Å². The maximum Gasteiger partial charge on any atom is 0.231 e. The van der Waals surface area contributed by atoms with E-state index in [4.69, 9.17) is 21.1 Å². The van der Waals surface area contributed by atoms with Gasteiger partial charge in [-0.15, -0.1) is 0 Å². The molecular formula is C19H17ClN2O2. The van der Waals surface area contributed by atoms with E-state index in [1.54, 1.807) is 0 Å².